The largest absolute Gasteiger partial charge is 0.480 e. The molecule has 0 aromatic rings. The van der Waals surface area contributed by atoms with Gasteiger partial charge in [0, 0.05) is 13.6 Å². The van der Waals surface area contributed by atoms with Crippen molar-refractivity contribution in [3.63, 3.8) is 0 Å². The Bertz CT molecular complexity index is 285. The van der Waals surface area contributed by atoms with E-state index in [9.17, 15) is 13.2 Å². The third-order valence-corrected chi connectivity index (χ3v) is 2.72. The molecule has 0 aliphatic heterocycles. The fraction of sp³-hybridized carbons (Fsp3) is 0.500. The third-order valence-electron chi connectivity index (χ3n) is 1.24. The lowest BCUT2D eigenvalue weighted by atomic mass is 10.6. The molecule has 0 aliphatic rings. The van der Waals surface area contributed by atoms with Gasteiger partial charge < -0.3 is 5.11 Å². The maximum absolute atomic E-state index is 11.1. The maximum Gasteiger partial charge on any atom is 0.318 e. The minimum absolute atomic E-state index is 0.0323. The zero-order chi connectivity index (χ0) is 10.5. The topological polar surface area (TPSA) is 86.7 Å². The molecule has 0 atom stereocenters. The van der Waals surface area contributed by atoms with Gasteiger partial charge in [0.15, 0.2) is 0 Å². The van der Waals surface area contributed by atoms with Gasteiger partial charge in [0.05, 0.1) is 0 Å². The lowest BCUT2D eigenvalue weighted by Gasteiger charge is -2.16. The van der Waals surface area contributed by atoms with Crippen molar-refractivity contribution in [2.75, 3.05) is 20.1 Å². The molecule has 0 aromatic heterocycles. The number of carbonyl (C=O) groups is 1. The molecule has 6 nitrogen and oxygen atoms in total. The van der Waals surface area contributed by atoms with Gasteiger partial charge in [-0.25, -0.2) is 4.72 Å². The van der Waals surface area contributed by atoms with Crippen molar-refractivity contribution in [1.82, 2.24) is 9.03 Å². The molecule has 2 N–H and O–H groups in total. The first-order valence-electron chi connectivity index (χ1n) is 3.45. The van der Waals surface area contributed by atoms with Gasteiger partial charge >= 0.3 is 5.97 Å². The number of rotatable bonds is 6. The fourth-order valence-electron chi connectivity index (χ4n) is 0.672. The van der Waals surface area contributed by atoms with Gasteiger partial charge in [-0.2, -0.15) is 12.7 Å². The van der Waals surface area contributed by atoms with Crippen LogP contribution in [0.3, 0.4) is 0 Å². The highest BCUT2D eigenvalue weighted by Gasteiger charge is 2.20. The average Bonchev–Trinajstić information content (AvgIpc) is 2.03. The first kappa shape index (κ1) is 12.1. The number of nitrogens with one attached hydrogen (secondary N) is 1. The van der Waals surface area contributed by atoms with Crippen molar-refractivity contribution in [2.45, 2.75) is 0 Å². The molecule has 0 bridgehead atoms. The lowest BCUT2D eigenvalue weighted by molar-refractivity contribution is -0.137. The van der Waals surface area contributed by atoms with E-state index in [1.54, 1.807) is 0 Å². The summed E-state index contributed by atoms with van der Waals surface area (Å²) in [5.74, 6) is -1.21. The summed E-state index contributed by atoms with van der Waals surface area (Å²) in [7, 11) is -2.47. The molecule has 0 aromatic carbocycles. The van der Waals surface area contributed by atoms with E-state index in [0.29, 0.717) is 0 Å². The quantitative estimate of drug-likeness (QED) is 0.549. The molecule has 13 heavy (non-hydrogen) atoms. The van der Waals surface area contributed by atoms with Gasteiger partial charge in [-0.05, 0) is 0 Å². The molecule has 0 amide bonds. The van der Waals surface area contributed by atoms with Crippen molar-refractivity contribution in [3.8, 4) is 0 Å². The molecule has 76 valence electrons. The Kier molecular flexibility index (Phi) is 4.60. The molecular formula is C6H12N2O4S. The summed E-state index contributed by atoms with van der Waals surface area (Å²) >= 11 is 0. The van der Waals surface area contributed by atoms with E-state index in [1.807, 2.05) is 4.72 Å². The van der Waals surface area contributed by atoms with Crippen molar-refractivity contribution in [1.29, 1.82) is 0 Å². The molecular weight excluding hydrogens is 196 g/mol. The van der Waals surface area contributed by atoms with Crippen molar-refractivity contribution >= 4 is 16.2 Å². The summed E-state index contributed by atoms with van der Waals surface area (Å²) in [6.07, 6.45) is 1.32. The Hall–Kier alpha value is -0.920. The van der Waals surface area contributed by atoms with Gasteiger partial charge in [0.2, 0.25) is 0 Å². The summed E-state index contributed by atoms with van der Waals surface area (Å²) in [5.41, 5.74) is 0. The number of aliphatic carboxylic acids is 1. The normalized spacial score (nSPS) is 11.5. The number of carboxylic acids is 1. The highest BCUT2D eigenvalue weighted by Crippen LogP contribution is 1.96. The predicted molar refractivity (Wildman–Crippen MR) is 47.4 cm³/mol. The van der Waals surface area contributed by atoms with Crippen LogP contribution in [-0.2, 0) is 15.0 Å². The van der Waals surface area contributed by atoms with Crippen LogP contribution in [-0.4, -0.2) is 43.9 Å². The van der Waals surface area contributed by atoms with E-state index in [1.165, 1.54) is 13.1 Å². The van der Waals surface area contributed by atoms with Crippen LogP contribution in [0, 0.1) is 0 Å². The Labute approximate surface area is 77.0 Å². The summed E-state index contributed by atoms with van der Waals surface area (Å²) in [6, 6.07) is 0. The molecule has 0 fully saturated rings. The second kappa shape index (κ2) is 4.95. The van der Waals surface area contributed by atoms with E-state index in [4.69, 9.17) is 5.11 Å². The third kappa shape index (κ3) is 4.02. The van der Waals surface area contributed by atoms with Crippen LogP contribution in [0.2, 0.25) is 0 Å². The van der Waals surface area contributed by atoms with Gasteiger partial charge in [0.25, 0.3) is 10.2 Å². The molecule has 0 rings (SSSR count). The van der Waals surface area contributed by atoms with Crippen LogP contribution in [0.1, 0.15) is 0 Å². The second-order valence-electron chi connectivity index (χ2n) is 2.18. The lowest BCUT2D eigenvalue weighted by Crippen LogP contribution is -2.41. The predicted octanol–water partition coefficient (Wildman–Crippen LogP) is -0.977. The molecule has 0 saturated carbocycles. The number of carboxylic acid groups (broad SMARTS) is 1. The first-order valence-corrected chi connectivity index (χ1v) is 4.89. The minimum atomic E-state index is -3.69. The SMILES string of the molecule is C=CCN(CC(=O)O)S(=O)(=O)NC. The highest BCUT2D eigenvalue weighted by atomic mass is 32.2. The number of hydrogen-bond acceptors (Lipinski definition) is 3. The second-order valence-corrected chi connectivity index (χ2v) is 4.06. The zero-order valence-corrected chi connectivity index (χ0v) is 8.04. The maximum atomic E-state index is 11.1. The van der Waals surface area contributed by atoms with Crippen molar-refractivity contribution < 1.29 is 18.3 Å². The van der Waals surface area contributed by atoms with E-state index in [-0.39, 0.29) is 6.54 Å². The van der Waals surface area contributed by atoms with Gasteiger partial charge in [-0.15, -0.1) is 6.58 Å². The van der Waals surface area contributed by atoms with Crippen LogP contribution >= 0.6 is 0 Å². The van der Waals surface area contributed by atoms with E-state index >= 15 is 0 Å². The van der Waals surface area contributed by atoms with E-state index in [0.717, 1.165) is 4.31 Å². The Morgan fingerprint density at radius 2 is 2.23 bits per heavy atom. The van der Waals surface area contributed by atoms with Crippen molar-refractivity contribution in [2.24, 2.45) is 0 Å². The smallest absolute Gasteiger partial charge is 0.318 e. The van der Waals surface area contributed by atoms with Gasteiger partial charge in [0.1, 0.15) is 6.54 Å². The molecule has 0 radical (unpaired) electrons. The molecule has 0 spiro atoms. The van der Waals surface area contributed by atoms with Crippen LogP contribution in [0.25, 0.3) is 0 Å². The molecule has 0 saturated heterocycles. The van der Waals surface area contributed by atoms with E-state index in [2.05, 4.69) is 6.58 Å². The Morgan fingerprint density at radius 3 is 2.54 bits per heavy atom. The van der Waals surface area contributed by atoms with Crippen LogP contribution in [0.15, 0.2) is 12.7 Å². The standard InChI is InChI=1S/C6H12N2O4S/c1-3-4-8(5-6(9)10)13(11,12)7-2/h3,7H,1,4-5H2,2H3,(H,9,10). The average molecular weight is 208 g/mol. The summed E-state index contributed by atoms with van der Waals surface area (Å²) < 4.78 is 25.0. The Morgan fingerprint density at radius 1 is 1.69 bits per heavy atom. The van der Waals surface area contributed by atoms with E-state index < -0.39 is 22.7 Å². The molecule has 0 heterocycles. The van der Waals surface area contributed by atoms with Crippen LogP contribution in [0.5, 0.6) is 0 Å². The number of hydrogen-bond donors (Lipinski definition) is 2. The van der Waals surface area contributed by atoms with Crippen molar-refractivity contribution in [3.05, 3.63) is 12.7 Å². The fourth-order valence-corrected chi connectivity index (χ4v) is 1.51. The Balaban J connectivity index is 4.60. The summed E-state index contributed by atoms with van der Waals surface area (Å²) in [4.78, 5) is 10.3. The number of nitrogens with zero attached hydrogens (tertiary/aromatic N) is 1. The van der Waals surface area contributed by atoms with Gasteiger partial charge in [-0.1, -0.05) is 6.08 Å². The first-order chi connectivity index (χ1) is 5.94. The molecule has 7 heteroatoms. The van der Waals surface area contributed by atoms with Crippen LogP contribution < -0.4 is 4.72 Å². The highest BCUT2D eigenvalue weighted by molar-refractivity contribution is 7.87. The van der Waals surface area contributed by atoms with Crippen LogP contribution in [0.4, 0.5) is 0 Å². The minimum Gasteiger partial charge on any atom is -0.480 e. The molecule has 0 aliphatic carbocycles. The summed E-state index contributed by atoms with van der Waals surface area (Å²) in [5, 5.41) is 8.40. The zero-order valence-electron chi connectivity index (χ0n) is 7.23. The summed E-state index contributed by atoms with van der Waals surface area (Å²) in [6.45, 7) is 2.72. The van der Waals surface area contributed by atoms with Gasteiger partial charge in [-0.3, -0.25) is 4.79 Å². The monoisotopic (exact) mass is 208 g/mol. The molecule has 0 unspecified atom stereocenters.